The number of nitrogens with one attached hydrogen (secondary N) is 1. The van der Waals surface area contributed by atoms with Gasteiger partial charge in [0.05, 0.1) is 12.3 Å². The Bertz CT molecular complexity index is 946. The molecule has 1 aromatic rings. The summed E-state index contributed by atoms with van der Waals surface area (Å²) in [5, 5.41) is 10.5. The molecule has 0 aliphatic carbocycles. The van der Waals surface area contributed by atoms with Gasteiger partial charge in [-0.1, -0.05) is 25.5 Å². The number of aliphatic carboxylic acids is 1. The number of carbonyl (C=O) groups excluding carboxylic acids is 2. The third kappa shape index (κ3) is 6.35. The van der Waals surface area contributed by atoms with Gasteiger partial charge in [0.1, 0.15) is 5.82 Å². The first-order valence-corrected chi connectivity index (χ1v) is 12.2. The van der Waals surface area contributed by atoms with Crippen LogP contribution in [-0.2, 0) is 20.8 Å². The molecule has 4 rings (SSSR count). The summed E-state index contributed by atoms with van der Waals surface area (Å²) in [5.41, 5.74) is 0.678. The summed E-state index contributed by atoms with van der Waals surface area (Å²) in [5.74, 6) is -2.32. The number of rotatable bonds is 5. The van der Waals surface area contributed by atoms with Gasteiger partial charge in [0.15, 0.2) is 0 Å². The number of benzene rings is 1. The van der Waals surface area contributed by atoms with Crippen LogP contribution in [0, 0.1) is 17.7 Å². The van der Waals surface area contributed by atoms with Crippen molar-refractivity contribution in [3.05, 3.63) is 35.6 Å². The summed E-state index contributed by atoms with van der Waals surface area (Å²) in [4.78, 5) is 38.7. The highest BCUT2D eigenvalue weighted by Gasteiger charge is 2.57. The van der Waals surface area contributed by atoms with Crippen LogP contribution in [0.5, 0.6) is 0 Å². The fraction of sp³-hybridized carbons (Fsp3) is 0.640. The second kappa shape index (κ2) is 11.1. The van der Waals surface area contributed by atoms with Gasteiger partial charge in [-0.05, 0) is 43.9 Å². The van der Waals surface area contributed by atoms with Crippen molar-refractivity contribution < 1.29 is 37.1 Å². The van der Waals surface area contributed by atoms with Crippen LogP contribution < -0.4 is 5.32 Å². The molecule has 2 amide bonds. The van der Waals surface area contributed by atoms with Gasteiger partial charge in [0, 0.05) is 43.7 Å². The van der Waals surface area contributed by atoms with E-state index >= 15 is 0 Å². The molecule has 3 aliphatic heterocycles. The Hall–Kier alpha value is -2.69. The third-order valence-corrected chi connectivity index (χ3v) is 7.62. The monoisotopic (exact) mass is 515 g/mol. The number of hydrogen-bond donors (Lipinski definition) is 2. The number of carbonyl (C=O) groups is 3. The Morgan fingerprint density at radius 1 is 1.17 bits per heavy atom. The second-order valence-corrected chi connectivity index (χ2v) is 9.94. The van der Waals surface area contributed by atoms with Gasteiger partial charge < -0.3 is 15.3 Å². The summed E-state index contributed by atoms with van der Waals surface area (Å²) in [6.07, 6.45) is -0.806. The smallest absolute Gasteiger partial charge is 0.475 e. The van der Waals surface area contributed by atoms with Gasteiger partial charge in [-0.2, -0.15) is 13.2 Å². The molecule has 0 saturated carbocycles. The molecular formula is C25H33F4N3O4. The van der Waals surface area contributed by atoms with E-state index in [1.807, 2.05) is 4.90 Å². The van der Waals surface area contributed by atoms with Crippen LogP contribution in [0.15, 0.2) is 24.3 Å². The first kappa shape index (κ1) is 27.9. The van der Waals surface area contributed by atoms with Crippen molar-refractivity contribution in [2.45, 2.75) is 63.7 Å². The number of piperidine rings is 1. The van der Waals surface area contributed by atoms with Gasteiger partial charge in [0.2, 0.25) is 11.8 Å². The van der Waals surface area contributed by atoms with Gasteiger partial charge in [-0.25, -0.2) is 9.18 Å². The molecule has 0 bridgehead atoms. The Balaban J connectivity index is 0.000000454. The van der Waals surface area contributed by atoms with E-state index in [1.54, 1.807) is 12.1 Å². The lowest BCUT2D eigenvalue weighted by Crippen LogP contribution is -2.56. The molecule has 0 aromatic heterocycles. The van der Waals surface area contributed by atoms with Gasteiger partial charge in [0.25, 0.3) is 0 Å². The molecule has 3 fully saturated rings. The molecule has 3 saturated heterocycles. The van der Waals surface area contributed by atoms with Crippen molar-refractivity contribution >= 4 is 17.8 Å². The highest BCUT2D eigenvalue weighted by Crippen LogP contribution is 2.44. The van der Waals surface area contributed by atoms with Crippen molar-refractivity contribution in [2.24, 2.45) is 11.8 Å². The van der Waals surface area contributed by atoms with Crippen molar-refractivity contribution in [3.8, 4) is 0 Å². The molecule has 0 radical (unpaired) electrons. The summed E-state index contributed by atoms with van der Waals surface area (Å²) < 4.78 is 44.8. The summed E-state index contributed by atoms with van der Waals surface area (Å²) in [7, 11) is 0. The first-order chi connectivity index (χ1) is 16.9. The number of nitrogens with zero attached hydrogens (tertiary/aromatic N) is 2. The first-order valence-electron chi connectivity index (χ1n) is 12.2. The van der Waals surface area contributed by atoms with E-state index in [9.17, 15) is 27.2 Å². The maximum Gasteiger partial charge on any atom is 0.490 e. The lowest BCUT2D eigenvalue weighted by molar-refractivity contribution is -0.192. The Morgan fingerprint density at radius 2 is 1.75 bits per heavy atom. The summed E-state index contributed by atoms with van der Waals surface area (Å²) in [6, 6.07) is 6.66. The molecule has 7 nitrogen and oxygen atoms in total. The van der Waals surface area contributed by atoms with E-state index in [-0.39, 0.29) is 29.1 Å². The normalized spacial score (nSPS) is 24.1. The minimum atomic E-state index is -5.08. The molecule has 3 heterocycles. The van der Waals surface area contributed by atoms with Crippen LogP contribution in [0.25, 0.3) is 0 Å². The molecule has 3 atom stereocenters. The standard InChI is InChI=1S/C23H32FN3O2.C2HF3O2/c1-3-4-16(2)27-14-19-20(15-27)23(25-22(19)29)9-11-26(12-10-23)21(28)13-17-5-7-18(24)8-6-17;3-2(4,5)1(6)7/h5-8,16,19-20H,3-4,9-15H2,1-2H3,(H,25,29);(H,6,7)/t16?,19-,20+;/m1./s1. The second-order valence-electron chi connectivity index (χ2n) is 9.94. The molecule has 1 unspecified atom stereocenters. The third-order valence-electron chi connectivity index (χ3n) is 7.62. The van der Waals surface area contributed by atoms with Gasteiger partial charge >= 0.3 is 12.1 Å². The largest absolute Gasteiger partial charge is 0.490 e. The Labute approximate surface area is 207 Å². The average Bonchev–Trinajstić information content (AvgIpc) is 3.36. The van der Waals surface area contributed by atoms with E-state index < -0.39 is 12.1 Å². The van der Waals surface area contributed by atoms with Crippen molar-refractivity contribution in [3.63, 3.8) is 0 Å². The van der Waals surface area contributed by atoms with Crippen LogP contribution in [0.4, 0.5) is 17.6 Å². The average molecular weight is 516 g/mol. The minimum absolute atomic E-state index is 0.0805. The number of halogens is 4. The number of amides is 2. The molecule has 11 heteroatoms. The van der Waals surface area contributed by atoms with E-state index in [0.29, 0.717) is 31.5 Å². The zero-order valence-electron chi connectivity index (χ0n) is 20.5. The number of likely N-dealkylation sites (tertiary alicyclic amines) is 2. The quantitative estimate of drug-likeness (QED) is 0.588. The molecule has 1 aromatic carbocycles. The number of carboxylic acid groups (broad SMARTS) is 1. The maximum absolute atomic E-state index is 13.1. The number of carboxylic acids is 1. The molecule has 36 heavy (non-hydrogen) atoms. The molecule has 2 N–H and O–H groups in total. The van der Waals surface area contributed by atoms with E-state index in [1.165, 1.54) is 18.6 Å². The van der Waals surface area contributed by atoms with E-state index in [2.05, 4.69) is 24.1 Å². The highest BCUT2D eigenvalue weighted by atomic mass is 19.4. The van der Waals surface area contributed by atoms with Crippen LogP contribution >= 0.6 is 0 Å². The van der Waals surface area contributed by atoms with Crippen molar-refractivity contribution in [1.82, 2.24) is 15.1 Å². The van der Waals surface area contributed by atoms with Crippen molar-refractivity contribution in [1.29, 1.82) is 0 Å². The van der Waals surface area contributed by atoms with E-state index in [0.717, 1.165) is 37.9 Å². The van der Waals surface area contributed by atoms with Crippen LogP contribution in [0.3, 0.4) is 0 Å². The maximum atomic E-state index is 13.1. The molecule has 3 aliphatic rings. The predicted octanol–water partition coefficient (Wildman–Crippen LogP) is 3.23. The fourth-order valence-corrected chi connectivity index (χ4v) is 5.59. The van der Waals surface area contributed by atoms with Crippen LogP contribution in [-0.4, -0.2) is 76.6 Å². The highest BCUT2D eigenvalue weighted by molar-refractivity contribution is 5.84. The van der Waals surface area contributed by atoms with Gasteiger partial charge in [-0.15, -0.1) is 0 Å². The van der Waals surface area contributed by atoms with Crippen LogP contribution in [0.2, 0.25) is 0 Å². The Kier molecular flexibility index (Phi) is 8.63. The van der Waals surface area contributed by atoms with E-state index in [4.69, 9.17) is 9.90 Å². The summed E-state index contributed by atoms with van der Waals surface area (Å²) >= 11 is 0. The molecule has 1 spiro atoms. The minimum Gasteiger partial charge on any atom is -0.475 e. The zero-order chi connectivity index (χ0) is 26.7. The number of hydrogen-bond acceptors (Lipinski definition) is 4. The number of alkyl halides is 3. The number of fused-ring (bicyclic) bond motifs is 2. The van der Waals surface area contributed by atoms with Gasteiger partial charge in [-0.3, -0.25) is 14.5 Å². The molecular weight excluding hydrogens is 482 g/mol. The summed E-state index contributed by atoms with van der Waals surface area (Å²) in [6.45, 7) is 7.68. The lowest BCUT2D eigenvalue weighted by atomic mass is 9.75. The zero-order valence-corrected chi connectivity index (χ0v) is 20.5. The lowest BCUT2D eigenvalue weighted by Gasteiger charge is -2.43. The Morgan fingerprint density at radius 3 is 2.28 bits per heavy atom. The SMILES string of the molecule is CCCC(C)N1C[C@H]2C(=O)NC3(CCN(C(=O)Cc4ccc(F)cc4)CC3)[C@H]2C1.O=C(O)C(F)(F)F. The predicted molar refractivity (Wildman–Crippen MR) is 123 cm³/mol. The topological polar surface area (TPSA) is 90.0 Å². The van der Waals surface area contributed by atoms with Crippen LogP contribution in [0.1, 0.15) is 45.1 Å². The fourth-order valence-electron chi connectivity index (χ4n) is 5.59. The molecule has 200 valence electrons. The van der Waals surface area contributed by atoms with Crippen molar-refractivity contribution in [2.75, 3.05) is 26.2 Å².